The SMILES string of the molecule is CCNC(=NCc1ccc(S(N)(=O)=O)cc1)NCc1ncc(CC)s1.I. The minimum Gasteiger partial charge on any atom is -0.357 e. The van der Waals surface area contributed by atoms with Crippen molar-refractivity contribution in [3.05, 3.63) is 45.9 Å². The predicted octanol–water partition coefficient (Wildman–Crippen LogP) is 2.23. The number of nitrogens with zero attached hydrogens (tertiary/aromatic N) is 2. The standard InChI is InChI=1S/C16H23N5O2S2.HI/c1-3-13-10-19-15(24-13)11-21-16(18-4-2)20-9-12-5-7-14(8-6-12)25(17,22)23;/h5-8,10H,3-4,9,11H2,1-2H3,(H2,17,22,23)(H2,18,20,21);1H. The van der Waals surface area contributed by atoms with E-state index < -0.39 is 10.0 Å². The van der Waals surface area contributed by atoms with Crippen molar-refractivity contribution in [1.82, 2.24) is 15.6 Å². The maximum absolute atomic E-state index is 11.3. The molecule has 1 heterocycles. The van der Waals surface area contributed by atoms with Gasteiger partial charge in [-0.15, -0.1) is 35.3 Å². The Kier molecular flexibility index (Phi) is 9.47. The van der Waals surface area contributed by atoms with Gasteiger partial charge in [0.25, 0.3) is 0 Å². The number of nitrogens with one attached hydrogen (secondary N) is 2. The van der Waals surface area contributed by atoms with E-state index in [1.54, 1.807) is 23.5 Å². The third-order valence-electron chi connectivity index (χ3n) is 3.37. The summed E-state index contributed by atoms with van der Waals surface area (Å²) < 4.78 is 22.5. The monoisotopic (exact) mass is 509 g/mol. The van der Waals surface area contributed by atoms with Crippen molar-refractivity contribution in [3.8, 4) is 0 Å². The van der Waals surface area contributed by atoms with Gasteiger partial charge in [0.05, 0.1) is 18.0 Å². The molecule has 0 aliphatic heterocycles. The van der Waals surface area contributed by atoms with Crippen molar-refractivity contribution < 1.29 is 8.42 Å². The fraction of sp³-hybridized carbons (Fsp3) is 0.375. The molecule has 0 aliphatic rings. The van der Waals surface area contributed by atoms with Gasteiger partial charge in [-0.3, -0.25) is 0 Å². The van der Waals surface area contributed by atoms with Crippen LogP contribution in [0.25, 0.3) is 0 Å². The van der Waals surface area contributed by atoms with E-state index >= 15 is 0 Å². The number of aliphatic imine (C=N–C) groups is 1. The number of sulfonamides is 1. The Hall–Kier alpha value is -1.24. The van der Waals surface area contributed by atoms with E-state index in [-0.39, 0.29) is 28.9 Å². The van der Waals surface area contributed by atoms with E-state index in [2.05, 4.69) is 27.5 Å². The highest BCUT2D eigenvalue weighted by molar-refractivity contribution is 14.0. The van der Waals surface area contributed by atoms with Gasteiger partial charge in [0.2, 0.25) is 10.0 Å². The van der Waals surface area contributed by atoms with Crippen molar-refractivity contribution in [3.63, 3.8) is 0 Å². The van der Waals surface area contributed by atoms with Crippen LogP contribution in [0, 0.1) is 0 Å². The smallest absolute Gasteiger partial charge is 0.238 e. The number of rotatable bonds is 7. The maximum atomic E-state index is 11.3. The first-order valence-electron chi connectivity index (χ1n) is 8.00. The summed E-state index contributed by atoms with van der Waals surface area (Å²) in [7, 11) is -3.67. The summed E-state index contributed by atoms with van der Waals surface area (Å²) in [6, 6.07) is 6.40. The minimum absolute atomic E-state index is 0. The molecule has 0 saturated carbocycles. The summed E-state index contributed by atoms with van der Waals surface area (Å²) in [4.78, 5) is 10.2. The van der Waals surface area contributed by atoms with Crippen LogP contribution in [0.5, 0.6) is 0 Å². The normalized spacial score (nSPS) is 11.7. The molecule has 0 amide bonds. The zero-order chi connectivity index (χ0) is 18.3. The molecule has 0 unspecified atom stereocenters. The van der Waals surface area contributed by atoms with Crippen molar-refractivity contribution in [2.24, 2.45) is 10.1 Å². The van der Waals surface area contributed by atoms with Crippen LogP contribution < -0.4 is 15.8 Å². The van der Waals surface area contributed by atoms with Crippen molar-refractivity contribution in [1.29, 1.82) is 0 Å². The Balaban J connectivity index is 0.00000338. The summed E-state index contributed by atoms with van der Waals surface area (Å²) >= 11 is 1.69. The second-order valence-electron chi connectivity index (χ2n) is 5.31. The second kappa shape index (κ2) is 10.8. The van der Waals surface area contributed by atoms with E-state index in [0.29, 0.717) is 19.0 Å². The molecule has 0 saturated heterocycles. The molecule has 10 heteroatoms. The fourth-order valence-corrected chi connectivity index (χ4v) is 3.37. The topological polar surface area (TPSA) is 109 Å². The van der Waals surface area contributed by atoms with Gasteiger partial charge in [-0.05, 0) is 31.0 Å². The summed E-state index contributed by atoms with van der Waals surface area (Å²) in [6.45, 7) is 5.89. The Morgan fingerprint density at radius 2 is 1.92 bits per heavy atom. The minimum atomic E-state index is -3.67. The number of aromatic nitrogens is 1. The molecule has 144 valence electrons. The summed E-state index contributed by atoms with van der Waals surface area (Å²) in [5, 5.41) is 12.5. The molecular weight excluding hydrogens is 485 g/mol. The lowest BCUT2D eigenvalue weighted by molar-refractivity contribution is 0.598. The van der Waals surface area contributed by atoms with E-state index in [1.165, 1.54) is 17.0 Å². The van der Waals surface area contributed by atoms with Gasteiger partial charge in [0.1, 0.15) is 5.01 Å². The molecule has 0 atom stereocenters. The van der Waals surface area contributed by atoms with Crippen LogP contribution in [0.4, 0.5) is 0 Å². The first-order valence-corrected chi connectivity index (χ1v) is 10.4. The lowest BCUT2D eigenvalue weighted by Crippen LogP contribution is -2.36. The van der Waals surface area contributed by atoms with E-state index in [0.717, 1.165) is 23.5 Å². The average Bonchev–Trinajstić information content (AvgIpc) is 3.05. The first-order chi connectivity index (χ1) is 11.9. The summed E-state index contributed by atoms with van der Waals surface area (Å²) in [5.74, 6) is 0.686. The van der Waals surface area contributed by atoms with Crippen LogP contribution in [0.2, 0.25) is 0 Å². The highest BCUT2D eigenvalue weighted by Crippen LogP contribution is 2.13. The van der Waals surface area contributed by atoms with Gasteiger partial charge < -0.3 is 10.6 Å². The number of thiazole rings is 1. The van der Waals surface area contributed by atoms with Gasteiger partial charge in [-0.2, -0.15) is 0 Å². The largest absolute Gasteiger partial charge is 0.357 e. The Morgan fingerprint density at radius 3 is 2.46 bits per heavy atom. The molecule has 0 fully saturated rings. The molecule has 1 aromatic carbocycles. The molecule has 0 bridgehead atoms. The highest BCUT2D eigenvalue weighted by Gasteiger charge is 2.07. The highest BCUT2D eigenvalue weighted by atomic mass is 127. The molecule has 0 spiro atoms. The summed E-state index contributed by atoms with van der Waals surface area (Å²) in [6.07, 6.45) is 2.89. The maximum Gasteiger partial charge on any atom is 0.238 e. The Bertz CT molecular complexity index is 819. The second-order valence-corrected chi connectivity index (χ2v) is 8.07. The van der Waals surface area contributed by atoms with Crippen LogP contribution in [0.15, 0.2) is 40.4 Å². The predicted molar refractivity (Wildman–Crippen MR) is 116 cm³/mol. The molecule has 0 radical (unpaired) electrons. The van der Waals surface area contributed by atoms with Crippen molar-refractivity contribution in [2.75, 3.05) is 6.54 Å². The molecule has 2 aromatic rings. The number of nitrogens with two attached hydrogens (primary N) is 1. The Labute approximate surface area is 175 Å². The van der Waals surface area contributed by atoms with E-state index in [4.69, 9.17) is 5.14 Å². The number of halogens is 1. The van der Waals surface area contributed by atoms with Crippen LogP contribution in [-0.4, -0.2) is 25.9 Å². The molecular formula is C16H24IN5O2S2. The number of benzene rings is 1. The third kappa shape index (κ3) is 7.17. The van der Waals surface area contributed by atoms with Crippen molar-refractivity contribution in [2.45, 2.75) is 38.3 Å². The fourth-order valence-electron chi connectivity index (χ4n) is 2.05. The number of hydrogen-bond donors (Lipinski definition) is 3. The number of hydrogen-bond acceptors (Lipinski definition) is 5. The van der Waals surface area contributed by atoms with Gasteiger partial charge in [-0.1, -0.05) is 19.1 Å². The average molecular weight is 509 g/mol. The molecule has 7 nitrogen and oxygen atoms in total. The van der Waals surface area contributed by atoms with Crippen molar-refractivity contribution >= 4 is 51.3 Å². The van der Waals surface area contributed by atoms with Gasteiger partial charge >= 0.3 is 0 Å². The number of aryl methyl sites for hydroxylation is 1. The third-order valence-corrected chi connectivity index (χ3v) is 5.44. The molecule has 0 aliphatic carbocycles. The number of guanidine groups is 1. The van der Waals surface area contributed by atoms with Crippen LogP contribution in [-0.2, 0) is 29.5 Å². The zero-order valence-corrected chi connectivity index (χ0v) is 18.7. The lowest BCUT2D eigenvalue weighted by atomic mass is 10.2. The van der Waals surface area contributed by atoms with Crippen LogP contribution in [0.3, 0.4) is 0 Å². The molecule has 26 heavy (non-hydrogen) atoms. The zero-order valence-electron chi connectivity index (χ0n) is 14.7. The van der Waals surface area contributed by atoms with Crippen LogP contribution >= 0.6 is 35.3 Å². The van der Waals surface area contributed by atoms with Gasteiger partial charge in [-0.25, -0.2) is 23.5 Å². The van der Waals surface area contributed by atoms with Crippen LogP contribution in [0.1, 0.15) is 29.3 Å². The van der Waals surface area contributed by atoms with Gasteiger partial charge in [0, 0.05) is 17.6 Å². The Morgan fingerprint density at radius 1 is 1.23 bits per heavy atom. The summed E-state index contributed by atoms with van der Waals surface area (Å²) in [5.41, 5.74) is 0.895. The molecule has 2 rings (SSSR count). The van der Waals surface area contributed by atoms with E-state index in [9.17, 15) is 8.42 Å². The lowest BCUT2D eigenvalue weighted by Gasteiger charge is -2.10. The first kappa shape index (κ1) is 22.8. The quantitative estimate of drug-likeness (QED) is 0.301. The molecule has 4 N–H and O–H groups in total. The van der Waals surface area contributed by atoms with E-state index in [1.807, 2.05) is 13.1 Å². The number of primary sulfonamides is 1. The molecule has 1 aromatic heterocycles. The van der Waals surface area contributed by atoms with Gasteiger partial charge in [0.15, 0.2) is 5.96 Å².